The SMILES string of the molecule is OCCN(Cc1ccc(Br)cc1)CC(F)F. The molecule has 0 saturated heterocycles. The molecule has 0 radical (unpaired) electrons. The smallest absolute Gasteiger partial charge is 0.251 e. The van der Waals surface area contributed by atoms with E-state index in [0.29, 0.717) is 6.54 Å². The summed E-state index contributed by atoms with van der Waals surface area (Å²) in [7, 11) is 0. The van der Waals surface area contributed by atoms with Crippen molar-refractivity contribution in [3.05, 3.63) is 34.3 Å². The third-order valence-corrected chi connectivity index (χ3v) is 2.66. The van der Waals surface area contributed by atoms with Crippen LogP contribution in [0, 0.1) is 0 Å². The minimum atomic E-state index is -2.37. The summed E-state index contributed by atoms with van der Waals surface area (Å²) in [6, 6.07) is 7.49. The van der Waals surface area contributed by atoms with Crippen molar-refractivity contribution in [1.29, 1.82) is 0 Å². The van der Waals surface area contributed by atoms with Crippen LogP contribution in [0.15, 0.2) is 28.7 Å². The summed E-state index contributed by atoms with van der Waals surface area (Å²) < 4.78 is 25.4. The van der Waals surface area contributed by atoms with Crippen molar-refractivity contribution < 1.29 is 13.9 Å². The topological polar surface area (TPSA) is 23.5 Å². The highest BCUT2D eigenvalue weighted by molar-refractivity contribution is 9.10. The summed E-state index contributed by atoms with van der Waals surface area (Å²) in [5.74, 6) is 0. The lowest BCUT2D eigenvalue weighted by molar-refractivity contribution is 0.0746. The van der Waals surface area contributed by atoms with Gasteiger partial charge in [-0.2, -0.15) is 0 Å². The van der Waals surface area contributed by atoms with Crippen LogP contribution in [0.1, 0.15) is 5.56 Å². The first-order chi connectivity index (χ1) is 7.61. The van der Waals surface area contributed by atoms with Gasteiger partial charge in [-0.3, -0.25) is 4.90 Å². The van der Waals surface area contributed by atoms with Gasteiger partial charge in [0.1, 0.15) is 0 Å². The molecule has 90 valence electrons. The average Bonchev–Trinajstić information content (AvgIpc) is 2.21. The van der Waals surface area contributed by atoms with E-state index < -0.39 is 6.43 Å². The predicted molar refractivity (Wildman–Crippen MR) is 62.5 cm³/mol. The van der Waals surface area contributed by atoms with E-state index in [0.717, 1.165) is 10.0 Å². The van der Waals surface area contributed by atoms with E-state index in [1.807, 2.05) is 24.3 Å². The lowest BCUT2D eigenvalue weighted by Gasteiger charge is -2.20. The largest absolute Gasteiger partial charge is 0.395 e. The second-order valence-electron chi connectivity index (χ2n) is 3.48. The first-order valence-electron chi connectivity index (χ1n) is 4.97. The summed E-state index contributed by atoms with van der Waals surface area (Å²) in [4.78, 5) is 1.54. The molecule has 0 aliphatic heterocycles. The molecule has 0 heterocycles. The van der Waals surface area contributed by atoms with Crippen LogP contribution >= 0.6 is 15.9 Å². The molecule has 1 rings (SSSR count). The summed E-state index contributed by atoms with van der Waals surface area (Å²) >= 11 is 3.31. The molecule has 0 amide bonds. The van der Waals surface area contributed by atoms with Crippen LogP contribution in [-0.4, -0.2) is 36.1 Å². The molecular formula is C11H14BrF2NO. The average molecular weight is 294 g/mol. The van der Waals surface area contributed by atoms with E-state index in [1.165, 1.54) is 4.90 Å². The van der Waals surface area contributed by atoms with E-state index in [4.69, 9.17) is 5.11 Å². The summed E-state index contributed by atoms with van der Waals surface area (Å²) in [6.45, 7) is 0.276. The third kappa shape index (κ3) is 5.01. The molecule has 5 heteroatoms. The molecule has 0 bridgehead atoms. The number of aliphatic hydroxyl groups excluding tert-OH is 1. The molecular weight excluding hydrogens is 280 g/mol. The Morgan fingerprint density at radius 3 is 2.38 bits per heavy atom. The fourth-order valence-corrected chi connectivity index (χ4v) is 1.68. The van der Waals surface area contributed by atoms with Crippen LogP contribution in [0.3, 0.4) is 0 Å². The third-order valence-electron chi connectivity index (χ3n) is 2.13. The number of alkyl halides is 2. The van der Waals surface area contributed by atoms with E-state index in [-0.39, 0.29) is 19.7 Å². The quantitative estimate of drug-likeness (QED) is 0.871. The molecule has 0 saturated carbocycles. The van der Waals surface area contributed by atoms with Gasteiger partial charge in [0, 0.05) is 17.6 Å². The number of aliphatic hydroxyl groups is 1. The van der Waals surface area contributed by atoms with Crippen molar-refractivity contribution in [2.24, 2.45) is 0 Å². The van der Waals surface area contributed by atoms with E-state index in [1.54, 1.807) is 0 Å². The minimum Gasteiger partial charge on any atom is -0.395 e. The zero-order valence-corrected chi connectivity index (χ0v) is 10.3. The standard InChI is InChI=1S/C11H14BrF2NO/c12-10-3-1-9(2-4-10)7-15(5-6-16)8-11(13)14/h1-4,11,16H,5-8H2. The Balaban J connectivity index is 2.56. The Morgan fingerprint density at radius 2 is 1.88 bits per heavy atom. The van der Waals surface area contributed by atoms with Gasteiger partial charge in [0.2, 0.25) is 0 Å². The molecule has 0 aliphatic carbocycles. The number of nitrogens with zero attached hydrogens (tertiary/aromatic N) is 1. The minimum absolute atomic E-state index is 0.108. The van der Waals surface area contributed by atoms with E-state index in [9.17, 15) is 8.78 Å². The Hall–Kier alpha value is -0.520. The molecule has 0 aromatic heterocycles. The highest BCUT2D eigenvalue weighted by Gasteiger charge is 2.11. The van der Waals surface area contributed by atoms with Crippen molar-refractivity contribution in [3.63, 3.8) is 0 Å². The fourth-order valence-electron chi connectivity index (χ4n) is 1.42. The Kier molecular flexibility index (Phi) is 5.87. The van der Waals surface area contributed by atoms with Crippen molar-refractivity contribution >= 4 is 15.9 Å². The van der Waals surface area contributed by atoms with Crippen LogP contribution < -0.4 is 0 Å². The number of hydrogen-bond donors (Lipinski definition) is 1. The van der Waals surface area contributed by atoms with Crippen molar-refractivity contribution in [3.8, 4) is 0 Å². The second kappa shape index (κ2) is 6.93. The molecule has 2 nitrogen and oxygen atoms in total. The Labute approximate surface area is 102 Å². The summed E-state index contributed by atoms with van der Waals surface area (Å²) in [6.07, 6.45) is -2.37. The van der Waals surface area contributed by atoms with Crippen LogP contribution in [0.5, 0.6) is 0 Å². The molecule has 1 aromatic carbocycles. The first kappa shape index (κ1) is 13.5. The highest BCUT2D eigenvalue weighted by atomic mass is 79.9. The molecule has 0 unspecified atom stereocenters. The maximum atomic E-state index is 12.2. The van der Waals surface area contributed by atoms with Crippen LogP contribution in [-0.2, 0) is 6.54 Å². The van der Waals surface area contributed by atoms with Crippen molar-refractivity contribution in [1.82, 2.24) is 4.90 Å². The van der Waals surface area contributed by atoms with Gasteiger partial charge in [-0.15, -0.1) is 0 Å². The number of hydrogen-bond acceptors (Lipinski definition) is 2. The predicted octanol–water partition coefficient (Wildman–Crippen LogP) is 2.51. The Morgan fingerprint density at radius 1 is 1.25 bits per heavy atom. The lowest BCUT2D eigenvalue weighted by Crippen LogP contribution is -2.31. The molecule has 1 aromatic rings. The van der Waals surface area contributed by atoms with Gasteiger partial charge in [-0.05, 0) is 17.7 Å². The van der Waals surface area contributed by atoms with Crippen LogP contribution in [0.2, 0.25) is 0 Å². The lowest BCUT2D eigenvalue weighted by atomic mass is 10.2. The zero-order chi connectivity index (χ0) is 12.0. The highest BCUT2D eigenvalue weighted by Crippen LogP contribution is 2.12. The maximum absolute atomic E-state index is 12.2. The molecule has 0 atom stereocenters. The maximum Gasteiger partial charge on any atom is 0.251 e. The number of benzene rings is 1. The summed E-state index contributed by atoms with van der Waals surface area (Å²) in [5, 5.41) is 8.78. The second-order valence-corrected chi connectivity index (χ2v) is 4.39. The van der Waals surface area contributed by atoms with Gasteiger partial charge in [-0.25, -0.2) is 8.78 Å². The fraction of sp³-hybridized carbons (Fsp3) is 0.455. The number of rotatable bonds is 6. The van der Waals surface area contributed by atoms with Gasteiger partial charge >= 0.3 is 0 Å². The van der Waals surface area contributed by atoms with Crippen molar-refractivity contribution in [2.45, 2.75) is 13.0 Å². The van der Waals surface area contributed by atoms with Gasteiger partial charge < -0.3 is 5.11 Å². The van der Waals surface area contributed by atoms with Crippen LogP contribution in [0.4, 0.5) is 8.78 Å². The Bertz CT molecular complexity index is 305. The molecule has 1 N–H and O–H groups in total. The molecule has 0 fully saturated rings. The van der Waals surface area contributed by atoms with Gasteiger partial charge in [-0.1, -0.05) is 28.1 Å². The van der Waals surface area contributed by atoms with Gasteiger partial charge in [0.05, 0.1) is 13.2 Å². The molecule has 16 heavy (non-hydrogen) atoms. The molecule has 0 aliphatic rings. The monoisotopic (exact) mass is 293 g/mol. The first-order valence-corrected chi connectivity index (χ1v) is 5.77. The zero-order valence-electron chi connectivity index (χ0n) is 8.74. The summed E-state index contributed by atoms with van der Waals surface area (Å²) in [5.41, 5.74) is 0.956. The molecule has 0 spiro atoms. The van der Waals surface area contributed by atoms with Crippen molar-refractivity contribution in [2.75, 3.05) is 19.7 Å². The van der Waals surface area contributed by atoms with Crippen LogP contribution in [0.25, 0.3) is 0 Å². The number of halogens is 3. The van der Waals surface area contributed by atoms with E-state index in [2.05, 4.69) is 15.9 Å². The van der Waals surface area contributed by atoms with E-state index >= 15 is 0 Å². The van der Waals surface area contributed by atoms with Gasteiger partial charge in [0.25, 0.3) is 6.43 Å². The van der Waals surface area contributed by atoms with Gasteiger partial charge in [0.15, 0.2) is 0 Å². The normalized spacial score (nSPS) is 11.4.